The summed E-state index contributed by atoms with van der Waals surface area (Å²) in [6, 6.07) is 8.64. The number of amides is 1. The zero-order valence-corrected chi connectivity index (χ0v) is 16.1. The highest BCUT2D eigenvalue weighted by Gasteiger charge is 2.36. The fraction of sp³-hybridized carbons (Fsp3) is 0.611. The molecule has 1 aromatic carbocycles. The van der Waals surface area contributed by atoms with Gasteiger partial charge in [0.2, 0.25) is 0 Å². The van der Waals surface area contributed by atoms with Gasteiger partial charge in [0.25, 0.3) is 0 Å². The van der Waals surface area contributed by atoms with Crippen LogP contribution in [0.2, 0.25) is 0 Å². The van der Waals surface area contributed by atoms with Gasteiger partial charge in [0, 0.05) is 38.9 Å². The lowest BCUT2D eigenvalue weighted by atomic mass is 10.1. The van der Waals surface area contributed by atoms with Gasteiger partial charge in [0.1, 0.15) is 5.60 Å². The average molecular weight is 352 g/mol. The molecule has 1 unspecified atom stereocenters. The summed E-state index contributed by atoms with van der Waals surface area (Å²) in [5.41, 5.74) is 9.44. The molecule has 2 rings (SSSR count). The number of rotatable bonds is 3. The second kappa shape index (κ2) is 9.03. The van der Waals surface area contributed by atoms with Crippen LogP contribution in [0.5, 0.6) is 0 Å². The molecule has 25 heavy (non-hydrogen) atoms. The van der Waals surface area contributed by atoms with Crippen LogP contribution in [0.1, 0.15) is 39.3 Å². The second-order valence-corrected chi connectivity index (χ2v) is 7.25. The number of hydrogen-bond acceptors (Lipinski definition) is 6. The quantitative estimate of drug-likeness (QED) is 0.724. The van der Waals surface area contributed by atoms with E-state index < -0.39 is 5.60 Å². The third-order valence-corrected chi connectivity index (χ3v) is 3.89. The van der Waals surface area contributed by atoms with E-state index in [9.17, 15) is 4.79 Å². The maximum atomic E-state index is 11.9. The first-order valence-corrected chi connectivity index (χ1v) is 8.46. The Morgan fingerprint density at radius 2 is 1.84 bits per heavy atom. The van der Waals surface area contributed by atoms with Crippen LogP contribution in [0.3, 0.4) is 0 Å². The van der Waals surface area contributed by atoms with E-state index in [1.165, 1.54) is 7.05 Å². The molecule has 0 saturated carbocycles. The molecule has 1 saturated heterocycles. The van der Waals surface area contributed by atoms with Crippen molar-refractivity contribution < 1.29 is 14.7 Å². The smallest absolute Gasteiger partial charge is 0.410 e. The topological polar surface area (TPSA) is 91.1 Å². The van der Waals surface area contributed by atoms with Crippen LogP contribution in [-0.4, -0.2) is 55.0 Å². The Balaban J connectivity index is 0.000000970. The summed E-state index contributed by atoms with van der Waals surface area (Å²) in [6.07, 6.45) is -0.232. The third kappa shape index (κ3) is 6.53. The molecule has 1 amide bonds. The van der Waals surface area contributed by atoms with E-state index in [1.54, 1.807) is 10.4 Å². The van der Waals surface area contributed by atoms with Gasteiger partial charge in [-0.05, 0) is 45.4 Å². The second-order valence-electron chi connectivity index (χ2n) is 7.25. The molecule has 7 nitrogen and oxygen atoms in total. The Kier molecular flexibility index (Phi) is 7.66. The molecule has 1 aliphatic rings. The summed E-state index contributed by atoms with van der Waals surface area (Å²) in [7, 11) is 3.48. The highest BCUT2D eigenvalue weighted by atomic mass is 16.6. The minimum absolute atomic E-state index is 0.0470. The molecule has 0 aliphatic carbocycles. The van der Waals surface area contributed by atoms with E-state index in [1.807, 2.05) is 27.7 Å². The maximum Gasteiger partial charge on any atom is 0.410 e. The van der Waals surface area contributed by atoms with Crippen molar-refractivity contribution in [3.8, 4) is 0 Å². The molecule has 0 radical (unpaired) electrons. The molecule has 0 aromatic heterocycles. The largest absolute Gasteiger partial charge is 0.444 e. The number of hydroxylamine groups is 1. The number of anilines is 1. The number of ether oxygens (including phenoxy) is 1. The number of likely N-dealkylation sites (tertiary alicyclic amines) is 1. The number of carbonyl (C=O) groups excluding carboxylic acids is 1. The van der Waals surface area contributed by atoms with Crippen LogP contribution in [-0.2, 0) is 4.74 Å². The fourth-order valence-electron chi connectivity index (χ4n) is 2.40. The monoisotopic (exact) mass is 352 g/mol. The molecule has 1 fully saturated rings. The first-order chi connectivity index (χ1) is 11.6. The molecule has 1 aromatic rings. The summed E-state index contributed by atoms with van der Waals surface area (Å²) in [4.78, 5) is 15.9. The van der Waals surface area contributed by atoms with Crippen molar-refractivity contribution in [2.45, 2.75) is 45.4 Å². The van der Waals surface area contributed by atoms with Crippen molar-refractivity contribution in [1.29, 1.82) is 0 Å². The van der Waals surface area contributed by atoms with E-state index in [0.29, 0.717) is 19.1 Å². The summed E-state index contributed by atoms with van der Waals surface area (Å²) in [5.74, 6) is 0. The fourth-order valence-corrected chi connectivity index (χ4v) is 2.40. The third-order valence-electron chi connectivity index (χ3n) is 3.89. The Labute approximate surface area is 150 Å². The van der Waals surface area contributed by atoms with E-state index in [2.05, 4.69) is 36.2 Å². The molecule has 7 heteroatoms. The predicted octanol–water partition coefficient (Wildman–Crippen LogP) is 2.36. The molecule has 0 bridgehead atoms. The Morgan fingerprint density at radius 3 is 2.24 bits per heavy atom. The molecular weight excluding hydrogens is 320 g/mol. The van der Waals surface area contributed by atoms with Crippen molar-refractivity contribution in [2.24, 2.45) is 5.73 Å². The Morgan fingerprint density at radius 1 is 1.36 bits per heavy atom. The molecule has 4 N–H and O–H groups in total. The van der Waals surface area contributed by atoms with Gasteiger partial charge in [-0.3, -0.25) is 0 Å². The molecule has 1 heterocycles. The van der Waals surface area contributed by atoms with Crippen LogP contribution >= 0.6 is 0 Å². The van der Waals surface area contributed by atoms with Crippen LogP contribution in [0.15, 0.2) is 24.3 Å². The van der Waals surface area contributed by atoms with Gasteiger partial charge in [-0.2, -0.15) is 0 Å². The first-order valence-electron chi connectivity index (χ1n) is 8.46. The number of nitrogens with one attached hydrogen (secondary N) is 1. The van der Waals surface area contributed by atoms with Crippen LogP contribution < -0.4 is 16.1 Å². The minimum atomic E-state index is -0.442. The highest BCUT2D eigenvalue weighted by Crippen LogP contribution is 2.24. The highest BCUT2D eigenvalue weighted by molar-refractivity contribution is 5.70. The maximum absolute atomic E-state index is 11.9. The van der Waals surface area contributed by atoms with Crippen molar-refractivity contribution in [2.75, 3.05) is 32.1 Å². The van der Waals surface area contributed by atoms with E-state index in [-0.39, 0.29) is 12.1 Å². The van der Waals surface area contributed by atoms with Crippen LogP contribution in [0.25, 0.3) is 0 Å². The lowest BCUT2D eigenvalue weighted by Crippen LogP contribution is -2.61. The van der Waals surface area contributed by atoms with Gasteiger partial charge < -0.3 is 25.5 Å². The summed E-state index contributed by atoms with van der Waals surface area (Å²) in [5, 5.41) is 7.32. The zero-order chi connectivity index (χ0) is 19.2. The zero-order valence-electron chi connectivity index (χ0n) is 16.1. The lowest BCUT2D eigenvalue weighted by Gasteiger charge is -2.44. The van der Waals surface area contributed by atoms with Gasteiger partial charge >= 0.3 is 6.09 Å². The van der Waals surface area contributed by atoms with E-state index in [0.717, 1.165) is 11.3 Å². The van der Waals surface area contributed by atoms with Gasteiger partial charge in [-0.1, -0.05) is 12.1 Å². The molecule has 142 valence electrons. The van der Waals surface area contributed by atoms with Gasteiger partial charge in [0.15, 0.2) is 0 Å². The van der Waals surface area contributed by atoms with E-state index >= 15 is 0 Å². The van der Waals surface area contributed by atoms with Gasteiger partial charge in [0.05, 0.1) is 6.04 Å². The first kappa shape index (κ1) is 21.2. The van der Waals surface area contributed by atoms with Gasteiger partial charge in [-0.15, -0.1) is 0 Å². The van der Waals surface area contributed by atoms with Crippen molar-refractivity contribution in [1.82, 2.24) is 10.4 Å². The number of nitrogens with zero attached hydrogens (tertiary/aromatic N) is 2. The SMILES string of the molecule is CC(N)c1ccc(N(C)C2CN(C(=O)OC(C)(C)C)C2)cc1.CNO. The number of nitrogens with two attached hydrogens (primary N) is 1. The Bertz CT molecular complexity index is 534. The van der Waals surface area contributed by atoms with Crippen molar-refractivity contribution in [3.63, 3.8) is 0 Å². The van der Waals surface area contributed by atoms with Gasteiger partial charge in [-0.25, -0.2) is 10.3 Å². The molecular formula is C18H32N4O3. The van der Waals surface area contributed by atoms with Crippen LogP contribution in [0, 0.1) is 0 Å². The molecule has 1 atom stereocenters. The number of likely N-dealkylation sites (N-methyl/N-ethyl adjacent to an activating group) is 1. The number of carbonyl (C=O) groups is 1. The predicted molar refractivity (Wildman–Crippen MR) is 99.9 cm³/mol. The standard InChI is InChI=1S/C17H27N3O2.CH5NO/c1-12(18)13-6-8-14(9-7-13)19(5)15-10-20(11-15)16(21)22-17(2,3)4;1-2-3/h6-9,12,15H,10-11,18H2,1-5H3;2-3H,1H3. The normalized spacial score (nSPS) is 15.6. The number of hydrogen-bond donors (Lipinski definition) is 3. The molecule has 1 aliphatic heterocycles. The summed E-state index contributed by atoms with van der Waals surface area (Å²) in [6.45, 7) is 9.02. The lowest BCUT2D eigenvalue weighted by molar-refractivity contribution is 0.00852. The summed E-state index contributed by atoms with van der Waals surface area (Å²) < 4.78 is 5.37. The Hall–Kier alpha value is -1.83. The van der Waals surface area contributed by atoms with E-state index in [4.69, 9.17) is 15.7 Å². The summed E-state index contributed by atoms with van der Waals surface area (Å²) >= 11 is 0. The van der Waals surface area contributed by atoms with Crippen LogP contribution in [0.4, 0.5) is 10.5 Å². The minimum Gasteiger partial charge on any atom is -0.444 e. The molecule has 0 spiro atoms. The number of benzene rings is 1. The van der Waals surface area contributed by atoms with Crippen molar-refractivity contribution >= 4 is 11.8 Å². The average Bonchev–Trinajstić information content (AvgIpc) is 2.44. The van der Waals surface area contributed by atoms with Crippen molar-refractivity contribution in [3.05, 3.63) is 29.8 Å².